The van der Waals surface area contributed by atoms with E-state index in [0.29, 0.717) is 12.1 Å². The summed E-state index contributed by atoms with van der Waals surface area (Å²) in [6.45, 7) is 0. The number of nitriles is 1. The monoisotopic (exact) mass is 361 g/mol. The van der Waals surface area contributed by atoms with Gasteiger partial charge in [-0.05, 0) is 37.8 Å². The zero-order valence-corrected chi connectivity index (χ0v) is 14.1. The zero-order valence-electron chi connectivity index (χ0n) is 11.8. The molecule has 0 saturated carbocycles. The Labute approximate surface area is 141 Å². The summed E-state index contributed by atoms with van der Waals surface area (Å²) in [7, 11) is -3.73. The van der Waals surface area contributed by atoms with E-state index in [1.807, 2.05) is 6.07 Å². The van der Waals surface area contributed by atoms with Gasteiger partial charge in [0.05, 0.1) is 10.6 Å². The van der Waals surface area contributed by atoms with Crippen molar-refractivity contribution in [1.29, 1.82) is 5.26 Å². The Morgan fingerprint density at radius 2 is 1.91 bits per heavy atom. The van der Waals surface area contributed by atoms with Gasteiger partial charge in [0.1, 0.15) is 11.0 Å². The second-order valence-electron chi connectivity index (χ2n) is 5.65. The third-order valence-electron chi connectivity index (χ3n) is 4.17. The van der Waals surface area contributed by atoms with Crippen molar-refractivity contribution in [2.75, 3.05) is 0 Å². The number of hydrogen-bond acceptors (Lipinski definition) is 4. The molecule has 1 aromatic carbocycles. The van der Waals surface area contributed by atoms with Gasteiger partial charge in [0, 0.05) is 18.1 Å². The first-order valence-corrected chi connectivity index (χ1v) is 8.82. The predicted octanol–water partition coefficient (Wildman–Crippen LogP) is 2.19. The van der Waals surface area contributed by atoms with Crippen molar-refractivity contribution in [2.45, 2.75) is 48.7 Å². The van der Waals surface area contributed by atoms with Crippen molar-refractivity contribution in [2.24, 2.45) is 0 Å². The largest absolute Gasteiger partial charge is 0.311 e. The van der Waals surface area contributed by atoms with Crippen LogP contribution in [0, 0.1) is 11.3 Å². The molecule has 2 atom stereocenters. The molecule has 5 nitrogen and oxygen atoms in total. The summed E-state index contributed by atoms with van der Waals surface area (Å²) >= 11 is 5.91. The number of halogens is 2. The minimum atomic E-state index is -3.73. The summed E-state index contributed by atoms with van der Waals surface area (Å²) in [6, 6.07) is 7.06. The maximum absolute atomic E-state index is 12.5. The Hall–Kier alpha value is -0.840. The van der Waals surface area contributed by atoms with E-state index in [4.69, 9.17) is 16.9 Å². The maximum Gasteiger partial charge on any atom is 0.242 e. The van der Waals surface area contributed by atoms with Crippen LogP contribution < -0.4 is 10.0 Å². The lowest BCUT2D eigenvalue weighted by molar-refractivity contribution is 0.345. The smallest absolute Gasteiger partial charge is 0.242 e. The molecule has 2 unspecified atom stereocenters. The van der Waals surface area contributed by atoms with E-state index in [0.717, 1.165) is 25.7 Å². The summed E-state index contributed by atoms with van der Waals surface area (Å²) in [4.78, 5) is -0.0385. The van der Waals surface area contributed by atoms with E-state index in [-0.39, 0.29) is 33.9 Å². The minimum absolute atomic E-state index is 0. The van der Waals surface area contributed by atoms with Gasteiger partial charge in [0.25, 0.3) is 0 Å². The molecule has 2 aliphatic rings. The lowest BCUT2D eigenvalue weighted by atomic mass is 10.0. The van der Waals surface area contributed by atoms with Crippen LogP contribution in [0.25, 0.3) is 0 Å². The fourth-order valence-electron chi connectivity index (χ4n) is 3.27. The molecule has 2 heterocycles. The Kier molecular flexibility index (Phi) is 5.36. The molecule has 3 rings (SSSR count). The molecule has 0 aliphatic carbocycles. The molecule has 0 amide bonds. The van der Waals surface area contributed by atoms with Gasteiger partial charge in [0.15, 0.2) is 0 Å². The maximum atomic E-state index is 12.5. The molecule has 0 spiro atoms. The number of fused-ring (bicyclic) bond motifs is 2. The average molecular weight is 362 g/mol. The highest BCUT2D eigenvalue weighted by Gasteiger charge is 2.35. The SMILES string of the molecule is Cl.N#Cc1c(Cl)cccc1S(=O)(=O)NC1CC2CCC(C1)N2. The Balaban J connectivity index is 0.00000176. The minimum Gasteiger partial charge on any atom is -0.311 e. The third kappa shape index (κ3) is 3.39. The number of rotatable bonds is 3. The lowest BCUT2D eigenvalue weighted by Crippen LogP contribution is -2.48. The van der Waals surface area contributed by atoms with Crippen molar-refractivity contribution in [3.05, 3.63) is 28.8 Å². The summed E-state index contributed by atoms with van der Waals surface area (Å²) in [5.74, 6) is 0. The van der Waals surface area contributed by atoms with Crippen LogP contribution in [0.5, 0.6) is 0 Å². The first-order chi connectivity index (χ1) is 9.99. The van der Waals surface area contributed by atoms with Crippen LogP contribution in [0.1, 0.15) is 31.2 Å². The average Bonchev–Trinajstić information content (AvgIpc) is 2.77. The van der Waals surface area contributed by atoms with Gasteiger partial charge in [0.2, 0.25) is 10.0 Å². The van der Waals surface area contributed by atoms with Crippen molar-refractivity contribution in [3.63, 3.8) is 0 Å². The van der Waals surface area contributed by atoms with Gasteiger partial charge in [-0.15, -0.1) is 12.4 Å². The van der Waals surface area contributed by atoms with Crippen LogP contribution in [0.2, 0.25) is 5.02 Å². The second-order valence-corrected chi connectivity index (χ2v) is 7.74. The fraction of sp³-hybridized carbons (Fsp3) is 0.500. The fourth-order valence-corrected chi connectivity index (χ4v) is 4.99. The highest BCUT2D eigenvalue weighted by molar-refractivity contribution is 7.89. The quantitative estimate of drug-likeness (QED) is 0.864. The molecule has 22 heavy (non-hydrogen) atoms. The highest BCUT2D eigenvalue weighted by Crippen LogP contribution is 2.29. The van der Waals surface area contributed by atoms with Crippen LogP contribution in [0.4, 0.5) is 0 Å². The number of benzene rings is 1. The normalized spacial score (nSPS) is 27.0. The Morgan fingerprint density at radius 3 is 2.50 bits per heavy atom. The van der Waals surface area contributed by atoms with E-state index in [9.17, 15) is 8.42 Å². The molecule has 1 aromatic rings. The number of nitrogens with zero attached hydrogens (tertiary/aromatic N) is 1. The summed E-state index contributed by atoms with van der Waals surface area (Å²) < 4.78 is 27.8. The van der Waals surface area contributed by atoms with Gasteiger partial charge < -0.3 is 5.32 Å². The highest BCUT2D eigenvalue weighted by atomic mass is 35.5. The van der Waals surface area contributed by atoms with E-state index < -0.39 is 10.0 Å². The number of nitrogens with one attached hydrogen (secondary N) is 2. The van der Waals surface area contributed by atoms with Crippen molar-refractivity contribution < 1.29 is 8.42 Å². The van der Waals surface area contributed by atoms with Crippen LogP contribution >= 0.6 is 24.0 Å². The summed E-state index contributed by atoms with van der Waals surface area (Å²) in [5.41, 5.74) is 0.00331. The summed E-state index contributed by atoms with van der Waals surface area (Å²) in [5, 5.41) is 12.8. The van der Waals surface area contributed by atoms with Gasteiger partial charge >= 0.3 is 0 Å². The van der Waals surface area contributed by atoms with Crippen molar-refractivity contribution in [3.8, 4) is 6.07 Å². The van der Waals surface area contributed by atoms with Gasteiger partial charge in [-0.1, -0.05) is 17.7 Å². The lowest BCUT2D eigenvalue weighted by Gasteiger charge is -2.29. The third-order valence-corrected chi connectivity index (χ3v) is 6.05. The standard InChI is InChI=1S/C14H16ClN3O2S.ClH/c15-13-2-1-3-14(12(13)8-16)21(19,20)18-11-6-9-4-5-10(7-11)17-9;/h1-3,9-11,17-18H,4-7H2;1H. The number of piperidine rings is 1. The zero-order chi connectivity index (χ0) is 15.0. The van der Waals surface area contributed by atoms with Gasteiger partial charge in [-0.3, -0.25) is 0 Å². The van der Waals surface area contributed by atoms with E-state index in [1.54, 1.807) is 6.07 Å². The van der Waals surface area contributed by atoms with Gasteiger partial charge in [-0.25, -0.2) is 13.1 Å². The summed E-state index contributed by atoms with van der Waals surface area (Å²) in [6.07, 6.45) is 3.78. The molecule has 0 aromatic heterocycles. The van der Waals surface area contributed by atoms with Crippen LogP contribution in [0.3, 0.4) is 0 Å². The van der Waals surface area contributed by atoms with Crippen LogP contribution in [-0.2, 0) is 10.0 Å². The first-order valence-electron chi connectivity index (χ1n) is 6.96. The van der Waals surface area contributed by atoms with E-state index >= 15 is 0 Å². The van der Waals surface area contributed by atoms with Crippen molar-refractivity contribution >= 4 is 34.0 Å². The molecule has 2 aliphatic heterocycles. The van der Waals surface area contributed by atoms with Crippen molar-refractivity contribution in [1.82, 2.24) is 10.0 Å². The topological polar surface area (TPSA) is 82.0 Å². The molecule has 2 N–H and O–H groups in total. The first kappa shape index (κ1) is 17.5. The predicted molar refractivity (Wildman–Crippen MR) is 86.7 cm³/mol. The molecule has 2 saturated heterocycles. The number of sulfonamides is 1. The molecule has 2 fully saturated rings. The molecular weight excluding hydrogens is 345 g/mol. The molecule has 120 valence electrons. The molecule has 0 radical (unpaired) electrons. The van der Waals surface area contributed by atoms with E-state index in [1.165, 1.54) is 12.1 Å². The van der Waals surface area contributed by atoms with E-state index in [2.05, 4.69) is 10.0 Å². The molecular formula is C14H17Cl2N3O2S. The number of hydrogen-bond donors (Lipinski definition) is 2. The van der Waals surface area contributed by atoms with Crippen LogP contribution in [-0.4, -0.2) is 26.5 Å². The molecule has 8 heteroatoms. The second kappa shape index (κ2) is 6.73. The van der Waals surface area contributed by atoms with Gasteiger partial charge in [-0.2, -0.15) is 5.26 Å². The van der Waals surface area contributed by atoms with Crippen LogP contribution in [0.15, 0.2) is 23.1 Å². The Morgan fingerprint density at radius 1 is 1.27 bits per heavy atom. The molecule has 2 bridgehead atoms. The Bertz CT molecular complexity index is 691.